The average Bonchev–Trinajstić information content (AvgIpc) is 3.08. The van der Waals surface area contributed by atoms with E-state index in [1.54, 1.807) is 25.7 Å². The maximum absolute atomic E-state index is 12.6. The van der Waals surface area contributed by atoms with Crippen LogP contribution in [0.15, 0.2) is 10.2 Å². The molecule has 0 radical (unpaired) electrons. The summed E-state index contributed by atoms with van der Waals surface area (Å²) in [6, 6.07) is 0. The van der Waals surface area contributed by atoms with Gasteiger partial charge in [-0.3, -0.25) is 4.79 Å². The van der Waals surface area contributed by atoms with Crippen LogP contribution in [0.2, 0.25) is 0 Å². The molecule has 0 atom stereocenters. The molecule has 0 aromatic heterocycles. The number of esters is 1. The number of nitrogens with zero attached hydrogens (tertiary/aromatic N) is 4. The van der Waals surface area contributed by atoms with Gasteiger partial charge >= 0.3 is 11.9 Å². The third kappa shape index (κ3) is 2.04. The normalized spacial score (nSPS) is 29.4. The van der Waals surface area contributed by atoms with Crippen LogP contribution >= 0.6 is 0 Å². The molecule has 2 fully saturated rings. The molecule has 0 aromatic rings. The number of hydrogen-bond donors (Lipinski definition) is 0. The van der Waals surface area contributed by atoms with Crippen molar-refractivity contribution in [3.8, 4) is 0 Å². The largest absolute Gasteiger partial charge is 0.437 e. The molecule has 3 aliphatic rings. The molecule has 10 heteroatoms. The molecule has 23 heavy (non-hydrogen) atoms. The van der Waals surface area contributed by atoms with Gasteiger partial charge in [0.25, 0.3) is 5.04 Å². The van der Waals surface area contributed by atoms with E-state index in [2.05, 4.69) is 10.2 Å². The summed E-state index contributed by atoms with van der Waals surface area (Å²) >= 11 is 0. The first-order valence-electron chi connectivity index (χ1n) is 7.20. The molecule has 124 valence electrons. The minimum Gasteiger partial charge on any atom is -0.437 e. The van der Waals surface area contributed by atoms with Crippen LogP contribution in [0, 0.1) is 0 Å². The molecule has 2 heterocycles. The van der Waals surface area contributed by atoms with Gasteiger partial charge in [0.05, 0.1) is 7.05 Å². The van der Waals surface area contributed by atoms with Crippen molar-refractivity contribution in [2.45, 2.75) is 37.5 Å². The molecule has 2 aliphatic heterocycles. The van der Waals surface area contributed by atoms with Crippen molar-refractivity contribution in [3.63, 3.8) is 0 Å². The number of ether oxygens (including phenoxy) is 1. The van der Waals surface area contributed by atoms with E-state index in [1.807, 2.05) is 0 Å². The van der Waals surface area contributed by atoms with Crippen LogP contribution in [0.5, 0.6) is 0 Å². The van der Waals surface area contributed by atoms with Crippen molar-refractivity contribution in [1.29, 1.82) is 0 Å². The Hall–Kier alpha value is -2.10. The van der Waals surface area contributed by atoms with Crippen molar-refractivity contribution in [2.24, 2.45) is 10.2 Å². The highest BCUT2D eigenvalue weighted by atomic mass is 32.2. The Morgan fingerprint density at radius 3 is 2.35 bits per heavy atom. The van der Waals surface area contributed by atoms with Gasteiger partial charge in [-0.2, -0.15) is 0 Å². The smallest absolute Gasteiger partial charge is 0.372 e. The van der Waals surface area contributed by atoms with Crippen molar-refractivity contribution in [2.75, 3.05) is 14.1 Å². The van der Waals surface area contributed by atoms with Crippen LogP contribution in [0.4, 0.5) is 0 Å². The fourth-order valence-corrected chi connectivity index (χ4v) is 4.74. The Balaban J connectivity index is 2.03. The molecule has 0 aromatic carbocycles. The molecule has 0 N–H and O–H groups in total. The van der Waals surface area contributed by atoms with Crippen LogP contribution in [0.25, 0.3) is 0 Å². The molecular weight excluding hydrogens is 324 g/mol. The summed E-state index contributed by atoms with van der Waals surface area (Å²) in [6.07, 6.45) is 1.89. The summed E-state index contributed by atoms with van der Waals surface area (Å²) in [5.74, 6) is -1.42. The zero-order valence-electron chi connectivity index (χ0n) is 13.1. The van der Waals surface area contributed by atoms with Crippen LogP contribution in [-0.4, -0.2) is 65.5 Å². The van der Waals surface area contributed by atoms with E-state index in [4.69, 9.17) is 4.74 Å². The lowest BCUT2D eigenvalue weighted by Crippen LogP contribution is -2.34. The first-order chi connectivity index (χ1) is 10.7. The second kappa shape index (κ2) is 4.95. The highest BCUT2D eigenvalue weighted by molar-refractivity contribution is 8.09. The van der Waals surface area contributed by atoms with Gasteiger partial charge in [0.15, 0.2) is 7.05 Å². The van der Waals surface area contributed by atoms with Crippen molar-refractivity contribution >= 4 is 38.2 Å². The number of hydrazone groups is 1. The summed E-state index contributed by atoms with van der Waals surface area (Å²) in [6.45, 7) is 1.65. The topological polar surface area (TPSA) is 108 Å². The monoisotopic (exact) mass is 341 g/mol. The zero-order chi connectivity index (χ0) is 17.0. The maximum atomic E-state index is 12.6. The predicted octanol–water partition coefficient (Wildman–Crippen LogP) is -0.527. The number of hydrogen-bond acceptors (Lipinski definition) is 7. The minimum atomic E-state index is -4.01. The van der Waals surface area contributed by atoms with Gasteiger partial charge in [0, 0.05) is 19.8 Å². The van der Waals surface area contributed by atoms with Gasteiger partial charge in [-0.05, 0) is 12.8 Å². The second-order valence-electron chi connectivity index (χ2n) is 5.80. The summed E-state index contributed by atoms with van der Waals surface area (Å²) in [7, 11) is -0.792. The quantitative estimate of drug-likeness (QED) is 0.362. The molecule has 1 saturated carbocycles. The molecule has 1 amide bonds. The lowest BCUT2D eigenvalue weighted by molar-refractivity contribution is -0.635. The summed E-state index contributed by atoms with van der Waals surface area (Å²) in [5, 5.41) is 7.89. The molecule has 1 aliphatic carbocycles. The lowest BCUT2D eigenvalue weighted by Gasteiger charge is -2.18. The van der Waals surface area contributed by atoms with Gasteiger partial charge in [-0.25, -0.2) is 13.2 Å². The predicted molar refractivity (Wildman–Crippen MR) is 80.7 cm³/mol. The van der Waals surface area contributed by atoms with E-state index in [-0.39, 0.29) is 18.6 Å². The number of hydrazine groups is 1. The third-order valence-electron chi connectivity index (χ3n) is 4.58. The third-order valence-corrected chi connectivity index (χ3v) is 6.81. The van der Waals surface area contributed by atoms with Crippen LogP contribution < -0.4 is 0 Å². The fraction of sp³-hybridized carbons (Fsp3) is 0.615. The Morgan fingerprint density at radius 2 is 1.83 bits per heavy atom. The van der Waals surface area contributed by atoms with Gasteiger partial charge in [0.2, 0.25) is 26.2 Å². The molecular formula is C13H17N4O5S+. The van der Waals surface area contributed by atoms with Crippen molar-refractivity contribution < 1.29 is 27.4 Å². The first-order valence-corrected chi connectivity index (χ1v) is 8.69. The van der Waals surface area contributed by atoms with Crippen molar-refractivity contribution in [1.82, 2.24) is 5.01 Å². The Bertz CT molecular complexity index is 802. The molecule has 0 unspecified atom stereocenters. The highest BCUT2D eigenvalue weighted by Crippen LogP contribution is 2.43. The Labute approximate surface area is 133 Å². The van der Waals surface area contributed by atoms with Crippen LogP contribution in [0.1, 0.15) is 32.6 Å². The Kier molecular flexibility index (Phi) is 3.40. The zero-order valence-corrected chi connectivity index (χ0v) is 13.9. The number of sulfone groups is 1. The van der Waals surface area contributed by atoms with Crippen LogP contribution in [0.3, 0.4) is 0 Å². The number of carbonyl (C=O) groups excluding carboxylic acids is 2. The van der Waals surface area contributed by atoms with E-state index in [0.717, 1.165) is 0 Å². The second-order valence-corrected chi connectivity index (χ2v) is 7.94. The summed E-state index contributed by atoms with van der Waals surface area (Å²) < 4.78 is 31.8. The first kappa shape index (κ1) is 15.8. The van der Waals surface area contributed by atoms with E-state index < -0.39 is 31.7 Å². The summed E-state index contributed by atoms with van der Waals surface area (Å²) in [4.78, 5) is 22.5. The van der Waals surface area contributed by atoms with Crippen molar-refractivity contribution in [3.05, 3.63) is 0 Å². The lowest BCUT2D eigenvalue weighted by atomic mass is 10.2. The van der Waals surface area contributed by atoms with Crippen LogP contribution in [-0.2, 0) is 24.2 Å². The summed E-state index contributed by atoms with van der Waals surface area (Å²) in [5.41, 5.74) is 0.513. The number of rotatable bonds is 1. The molecule has 3 rings (SSSR count). The number of amides is 1. The minimum absolute atomic E-state index is 0.00197. The Morgan fingerprint density at radius 1 is 1.22 bits per heavy atom. The van der Waals surface area contributed by atoms with E-state index in [9.17, 15) is 18.0 Å². The molecule has 1 saturated heterocycles. The SMILES string of the molecule is CC1=[N+](C)N(C)C(=O)C1=N/N=C1\C(=O)OC2(CCCC2)S1(=O)=O. The van der Waals surface area contributed by atoms with Gasteiger partial charge < -0.3 is 4.74 Å². The fourth-order valence-electron chi connectivity index (χ4n) is 2.97. The van der Waals surface area contributed by atoms with E-state index >= 15 is 0 Å². The van der Waals surface area contributed by atoms with Gasteiger partial charge in [-0.15, -0.1) is 19.9 Å². The molecule has 1 spiro atoms. The van der Waals surface area contributed by atoms with Gasteiger partial charge in [0.1, 0.15) is 0 Å². The maximum Gasteiger partial charge on any atom is 0.372 e. The van der Waals surface area contributed by atoms with Gasteiger partial charge in [-0.1, -0.05) is 0 Å². The van der Waals surface area contributed by atoms with E-state index in [1.165, 1.54) is 5.01 Å². The standard InChI is InChI=1S/C13H17N4O5S/c1-8-9(11(18)17(3)16(8)2)14-15-10-12(19)22-13(23(10,20)21)6-4-5-7-13/h4-7H2,1-3H3/q+1. The number of carbonyl (C=O) groups is 2. The van der Waals surface area contributed by atoms with E-state index in [0.29, 0.717) is 18.6 Å². The highest BCUT2D eigenvalue weighted by Gasteiger charge is 2.60. The molecule has 0 bridgehead atoms. The molecule has 9 nitrogen and oxygen atoms in total. The average molecular weight is 341 g/mol.